The fraction of sp³-hybridized carbons (Fsp3) is 0.316. The van der Waals surface area contributed by atoms with Gasteiger partial charge in [0.05, 0.1) is 7.11 Å². The molecule has 2 aromatic rings. The average Bonchev–Trinajstić information content (AvgIpc) is 2.89. The number of fused-ring (bicyclic) bond motifs is 1. The Labute approximate surface area is 136 Å². The maximum absolute atomic E-state index is 12.6. The zero-order chi connectivity index (χ0) is 16.4. The molecule has 3 rings (SSSR count). The van der Waals surface area contributed by atoms with Crippen LogP contribution in [0.1, 0.15) is 18.1 Å². The van der Waals surface area contributed by atoms with E-state index in [2.05, 4.69) is 13.0 Å². The van der Waals surface area contributed by atoms with Gasteiger partial charge in [0.2, 0.25) is 0 Å². The largest absolute Gasteiger partial charge is 0.493 e. The lowest BCUT2D eigenvalue weighted by Gasteiger charge is -2.23. The van der Waals surface area contributed by atoms with Crippen molar-refractivity contribution >= 4 is 11.6 Å². The Morgan fingerprint density at radius 2 is 2.00 bits per heavy atom. The Balaban J connectivity index is 1.73. The third-order valence-electron chi connectivity index (χ3n) is 4.15. The number of rotatable bonds is 4. The smallest absolute Gasteiger partial charge is 0.265 e. The molecule has 1 unspecified atom stereocenters. The second kappa shape index (κ2) is 6.32. The maximum atomic E-state index is 12.6. The highest BCUT2D eigenvalue weighted by molar-refractivity contribution is 5.97. The molecule has 0 bridgehead atoms. The van der Waals surface area contributed by atoms with Crippen LogP contribution in [0.2, 0.25) is 0 Å². The number of anilines is 1. The van der Waals surface area contributed by atoms with Crippen molar-refractivity contribution in [2.75, 3.05) is 18.6 Å². The number of methoxy groups -OCH3 is 1. The molecule has 0 fully saturated rings. The fourth-order valence-electron chi connectivity index (χ4n) is 3.05. The third-order valence-corrected chi connectivity index (χ3v) is 4.15. The summed E-state index contributed by atoms with van der Waals surface area (Å²) in [6.07, 6.45) is 0.885. The van der Waals surface area contributed by atoms with Crippen LogP contribution in [0.4, 0.5) is 5.69 Å². The number of ether oxygens (including phenoxy) is 2. The summed E-state index contributed by atoms with van der Waals surface area (Å²) in [6, 6.07) is 13.9. The van der Waals surface area contributed by atoms with Crippen molar-refractivity contribution < 1.29 is 14.3 Å². The van der Waals surface area contributed by atoms with Crippen molar-refractivity contribution in [1.29, 1.82) is 0 Å². The van der Waals surface area contributed by atoms with Crippen molar-refractivity contribution in [3.8, 4) is 11.5 Å². The van der Waals surface area contributed by atoms with Gasteiger partial charge < -0.3 is 14.4 Å². The highest BCUT2D eigenvalue weighted by atomic mass is 16.5. The van der Waals surface area contributed by atoms with Crippen molar-refractivity contribution in [2.45, 2.75) is 26.3 Å². The minimum Gasteiger partial charge on any atom is -0.493 e. The summed E-state index contributed by atoms with van der Waals surface area (Å²) in [5.74, 6) is 1.20. The molecule has 0 radical (unpaired) electrons. The topological polar surface area (TPSA) is 38.8 Å². The van der Waals surface area contributed by atoms with Crippen LogP contribution < -0.4 is 14.4 Å². The molecule has 0 saturated carbocycles. The highest BCUT2D eigenvalue weighted by Crippen LogP contribution is 2.32. The number of nitrogens with zero attached hydrogens (tertiary/aromatic N) is 1. The van der Waals surface area contributed by atoms with Gasteiger partial charge >= 0.3 is 0 Å². The van der Waals surface area contributed by atoms with Crippen molar-refractivity contribution in [3.63, 3.8) is 0 Å². The summed E-state index contributed by atoms with van der Waals surface area (Å²) < 4.78 is 11.0. The van der Waals surface area contributed by atoms with E-state index >= 15 is 0 Å². The molecule has 4 heteroatoms. The van der Waals surface area contributed by atoms with E-state index in [4.69, 9.17) is 9.47 Å². The average molecular weight is 311 g/mol. The minimum atomic E-state index is -0.0370. The Hall–Kier alpha value is -2.49. The van der Waals surface area contributed by atoms with Gasteiger partial charge in [-0.05, 0) is 49.6 Å². The zero-order valence-electron chi connectivity index (χ0n) is 13.7. The molecule has 0 saturated heterocycles. The second-order valence-corrected chi connectivity index (χ2v) is 5.89. The van der Waals surface area contributed by atoms with Gasteiger partial charge in [0.1, 0.15) is 0 Å². The lowest BCUT2D eigenvalue weighted by Crippen LogP contribution is -2.39. The molecule has 4 nitrogen and oxygen atoms in total. The maximum Gasteiger partial charge on any atom is 0.265 e. The van der Waals surface area contributed by atoms with Crippen LogP contribution in [0, 0.1) is 6.92 Å². The van der Waals surface area contributed by atoms with Gasteiger partial charge in [0.25, 0.3) is 5.91 Å². The summed E-state index contributed by atoms with van der Waals surface area (Å²) in [5, 5.41) is 0. The Morgan fingerprint density at radius 1 is 1.22 bits per heavy atom. The number of amides is 1. The van der Waals surface area contributed by atoms with Gasteiger partial charge in [-0.15, -0.1) is 0 Å². The van der Waals surface area contributed by atoms with Crippen LogP contribution in [0.5, 0.6) is 11.5 Å². The Kier molecular flexibility index (Phi) is 4.24. The van der Waals surface area contributed by atoms with E-state index in [0.29, 0.717) is 11.5 Å². The first-order valence-corrected chi connectivity index (χ1v) is 7.77. The molecule has 2 aromatic carbocycles. The first-order valence-electron chi connectivity index (χ1n) is 7.77. The van der Waals surface area contributed by atoms with Gasteiger partial charge in [-0.3, -0.25) is 4.79 Å². The SMILES string of the molecule is COc1cc(C)ccc1OCC(=O)N1c2ccccc2CC1C. The first kappa shape index (κ1) is 15.4. The molecule has 0 aromatic heterocycles. The van der Waals surface area contributed by atoms with Crippen LogP contribution in [0.3, 0.4) is 0 Å². The molecule has 1 atom stereocenters. The molecular formula is C19H21NO3. The third kappa shape index (κ3) is 3.02. The van der Waals surface area contributed by atoms with E-state index < -0.39 is 0 Å². The molecule has 0 spiro atoms. The quantitative estimate of drug-likeness (QED) is 0.869. The van der Waals surface area contributed by atoms with Crippen LogP contribution in [-0.2, 0) is 11.2 Å². The van der Waals surface area contributed by atoms with E-state index in [1.807, 2.05) is 48.2 Å². The van der Waals surface area contributed by atoms with Gasteiger partial charge in [-0.25, -0.2) is 0 Å². The number of carbonyl (C=O) groups is 1. The van der Waals surface area contributed by atoms with E-state index in [1.165, 1.54) is 5.56 Å². The monoisotopic (exact) mass is 311 g/mol. The van der Waals surface area contributed by atoms with Crippen LogP contribution >= 0.6 is 0 Å². The highest BCUT2D eigenvalue weighted by Gasteiger charge is 2.30. The standard InChI is InChI=1S/C19H21NO3/c1-13-8-9-17(18(10-13)22-3)23-12-19(21)20-14(2)11-15-6-4-5-7-16(15)20/h4-10,14H,11-12H2,1-3H3. The number of carbonyl (C=O) groups excluding carboxylic acids is 1. The summed E-state index contributed by atoms with van der Waals surface area (Å²) in [6.45, 7) is 4.04. The number of benzene rings is 2. The summed E-state index contributed by atoms with van der Waals surface area (Å²) in [5.41, 5.74) is 3.29. The van der Waals surface area contributed by atoms with Gasteiger partial charge in [0, 0.05) is 11.7 Å². The predicted molar refractivity (Wildman–Crippen MR) is 90.3 cm³/mol. The van der Waals surface area contributed by atoms with Gasteiger partial charge in [0.15, 0.2) is 18.1 Å². The van der Waals surface area contributed by atoms with E-state index in [0.717, 1.165) is 17.7 Å². The minimum absolute atomic E-state index is 0.00189. The summed E-state index contributed by atoms with van der Waals surface area (Å²) >= 11 is 0. The predicted octanol–water partition coefficient (Wildman–Crippen LogP) is 3.36. The number of para-hydroxylation sites is 1. The number of hydrogen-bond acceptors (Lipinski definition) is 3. The first-order chi connectivity index (χ1) is 11.1. The van der Waals surface area contributed by atoms with Crippen molar-refractivity contribution in [1.82, 2.24) is 0 Å². The fourth-order valence-corrected chi connectivity index (χ4v) is 3.05. The van der Waals surface area contributed by atoms with Crippen molar-refractivity contribution in [3.05, 3.63) is 53.6 Å². The molecule has 120 valence electrons. The molecule has 1 aliphatic rings. The molecule has 1 heterocycles. The molecule has 23 heavy (non-hydrogen) atoms. The van der Waals surface area contributed by atoms with E-state index in [-0.39, 0.29) is 18.6 Å². The van der Waals surface area contributed by atoms with Gasteiger partial charge in [-0.2, -0.15) is 0 Å². The molecule has 0 N–H and O–H groups in total. The van der Waals surface area contributed by atoms with E-state index in [1.54, 1.807) is 7.11 Å². The molecule has 0 aliphatic carbocycles. The van der Waals surface area contributed by atoms with Crippen LogP contribution in [0.25, 0.3) is 0 Å². The lowest BCUT2D eigenvalue weighted by molar-refractivity contribution is -0.120. The van der Waals surface area contributed by atoms with Crippen LogP contribution in [-0.4, -0.2) is 25.7 Å². The molecule has 1 amide bonds. The molecular weight excluding hydrogens is 290 g/mol. The second-order valence-electron chi connectivity index (χ2n) is 5.89. The summed E-state index contributed by atoms with van der Waals surface area (Å²) in [4.78, 5) is 14.4. The van der Waals surface area contributed by atoms with Crippen LogP contribution in [0.15, 0.2) is 42.5 Å². The Bertz CT molecular complexity index is 726. The lowest BCUT2D eigenvalue weighted by atomic mass is 10.1. The zero-order valence-corrected chi connectivity index (χ0v) is 13.7. The van der Waals surface area contributed by atoms with Gasteiger partial charge in [-0.1, -0.05) is 24.3 Å². The molecule has 1 aliphatic heterocycles. The number of hydrogen-bond donors (Lipinski definition) is 0. The van der Waals surface area contributed by atoms with Crippen molar-refractivity contribution in [2.24, 2.45) is 0 Å². The Morgan fingerprint density at radius 3 is 2.78 bits per heavy atom. The number of aryl methyl sites for hydroxylation is 1. The normalized spacial score (nSPS) is 16.1. The summed E-state index contributed by atoms with van der Waals surface area (Å²) in [7, 11) is 1.60. The van der Waals surface area contributed by atoms with E-state index in [9.17, 15) is 4.79 Å².